The molecule has 0 fully saturated rings. The summed E-state index contributed by atoms with van der Waals surface area (Å²) < 4.78 is 13.1. The van der Waals surface area contributed by atoms with Gasteiger partial charge in [0, 0.05) is 21.4 Å². The van der Waals surface area contributed by atoms with Gasteiger partial charge in [-0.15, -0.1) is 11.3 Å². The number of para-hydroxylation sites is 1. The average molecular weight is 517 g/mol. The molecule has 3 aromatic carbocycles. The standard InChI is InChI=1S/C26H17FN4OS3/c27-18-12-10-17(11-13-18)23(32)31-26(33)30-20-8-4-5-9-21(20)35-25-22-19(16-6-2-1-3-7-16)14-34-24(22)28-15-29-25/h1-15H,(H2,30,31,32,33). The Kier molecular flexibility index (Phi) is 6.80. The number of rotatable bonds is 5. The average Bonchev–Trinajstić information content (AvgIpc) is 3.31. The van der Waals surface area contributed by atoms with Gasteiger partial charge in [-0.2, -0.15) is 0 Å². The van der Waals surface area contributed by atoms with Crippen LogP contribution in [0.25, 0.3) is 21.3 Å². The quantitative estimate of drug-likeness (QED) is 0.198. The van der Waals surface area contributed by atoms with Crippen molar-refractivity contribution in [3.63, 3.8) is 0 Å². The molecule has 0 saturated carbocycles. The fourth-order valence-corrected chi connectivity index (χ4v) is 5.62. The first-order chi connectivity index (χ1) is 17.1. The maximum absolute atomic E-state index is 13.1. The summed E-state index contributed by atoms with van der Waals surface area (Å²) in [4.78, 5) is 23.3. The predicted molar refractivity (Wildman–Crippen MR) is 144 cm³/mol. The monoisotopic (exact) mass is 516 g/mol. The molecular formula is C26H17FN4OS3. The largest absolute Gasteiger partial charge is 0.331 e. The fraction of sp³-hybridized carbons (Fsp3) is 0. The molecule has 2 N–H and O–H groups in total. The number of carbonyl (C=O) groups excluding carboxylic acids is 1. The van der Waals surface area contributed by atoms with E-state index in [-0.39, 0.29) is 5.11 Å². The summed E-state index contributed by atoms with van der Waals surface area (Å²) in [5, 5.41) is 9.79. The van der Waals surface area contributed by atoms with Gasteiger partial charge >= 0.3 is 0 Å². The van der Waals surface area contributed by atoms with Crippen LogP contribution >= 0.6 is 35.3 Å². The van der Waals surface area contributed by atoms with Crippen LogP contribution in [0.3, 0.4) is 0 Å². The smallest absolute Gasteiger partial charge is 0.257 e. The zero-order chi connectivity index (χ0) is 24.2. The molecule has 0 radical (unpaired) electrons. The molecule has 5 nitrogen and oxygen atoms in total. The van der Waals surface area contributed by atoms with Crippen molar-refractivity contribution >= 4 is 62.2 Å². The van der Waals surface area contributed by atoms with E-state index in [1.165, 1.54) is 36.0 Å². The SMILES string of the molecule is O=C(NC(=S)Nc1ccccc1Sc1ncnc2scc(-c3ccccc3)c12)c1ccc(F)cc1. The van der Waals surface area contributed by atoms with Gasteiger partial charge in [0.2, 0.25) is 0 Å². The minimum absolute atomic E-state index is 0.140. The van der Waals surface area contributed by atoms with Crippen molar-refractivity contribution in [3.05, 3.63) is 102 Å². The third-order valence-corrected chi connectivity index (χ3v) is 7.26. The third kappa shape index (κ3) is 5.22. The Morgan fingerprint density at radius 1 is 0.943 bits per heavy atom. The number of aromatic nitrogens is 2. The van der Waals surface area contributed by atoms with E-state index >= 15 is 0 Å². The van der Waals surface area contributed by atoms with Crippen molar-refractivity contribution in [2.24, 2.45) is 0 Å². The molecular weight excluding hydrogens is 500 g/mol. The van der Waals surface area contributed by atoms with E-state index in [0.717, 1.165) is 37.0 Å². The second kappa shape index (κ2) is 10.3. The molecule has 5 rings (SSSR count). The van der Waals surface area contributed by atoms with E-state index < -0.39 is 11.7 Å². The van der Waals surface area contributed by atoms with Gasteiger partial charge in [-0.1, -0.05) is 54.2 Å². The molecule has 172 valence electrons. The Balaban J connectivity index is 1.39. The van der Waals surface area contributed by atoms with Crippen molar-refractivity contribution in [2.75, 3.05) is 5.32 Å². The maximum Gasteiger partial charge on any atom is 0.257 e. The van der Waals surface area contributed by atoms with Crippen molar-refractivity contribution < 1.29 is 9.18 Å². The molecule has 35 heavy (non-hydrogen) atoms. The number of hydrogen-bond acceptors (Lipinski definition) is 6. The number of amides is 1. The zero-order valence-corrected chi connectivity index (χ0v) is 20.5. The minimum Gasteiger partial charge on any atom is -0.331 e. The first kappa shape index (κ1) is 23.1. The zero-order valence-electron chi connectivity index (χ0n) is 18.1. The van der Waals surface area contributed by atoms with Crippen LogP contribution < -0.4 is 10.6 Å². The molecule has 0 atom stereocenters. The summed E-state index contributed by atoms with van der Waals surface area (Å²) in [6, 6.07) is 23.1. The van der Waals surface area contributed by atoms with Gasteiger partial charge in [0.15, 0.2) is 5.11 Å². The number of thiophene rings is 1. The number of fused-ring (bicyclic) bond motifs is 1. The Hall–Kier alpha value is -3.66. The van der Waals surface area contributed by atoms with Crippen LogP contribution in [-0.4, -0.2) is 21.0 Å². The van der Waals surface area contributed by atoms with E-state index in [9.17, 15) is 9.18 Å². The number of nitrogens with one attached hydrogen (secondary N) is 2. The molecule has 0 aliphatic rings. The Morgan fingerprint density at radius 2 is 1.69 bits per heavy atom. The second-order valence-corrected chi connectivity index (χ2v) is 9.68. The molecule has 0 bridgehead atoms. The highest BCUT2D eigenvalue weighted by Gasteiger charge is 2.16. The Morgan fingerprint density at radius 3 is 2.49 bits per heavy atom. The Bertz CT molecular complexity index is 1520. The summed E-state index contributed by atoms with van der Waals surface area (Å²) in [6.45, 7) is 0. The van der Waals surface area contributed by atoms with Gasteiger partial charge in [-0.05, 0) is 54.2 Å². The van der Waals surface area contributed by atoms with Gasteiger partial charge in [-0.3, -0.25) is 10.1 Å². The van der Waals surface area contributed by atoms with E-state index in [0.29, 0.717) is 5.56 Å². The summed E-state index contributed by atoms with van der Waals surface area (Å²) in [7, 11) is 0. The lowest BCUT2D eigenvalue weighted by atomic mass is 10.1. The highest BCUT2D eigenvalue weighted by atomic mass is 32.2. The van der Waals surface area contributed by atoms with Crippen molar-refractivity contribution in [3.8, 4) is 11.1 Å². The Labute approximate surface area is 214 Å². The van der Waals surface area contributed by atoms with Crippen LogP contribution in [0.15, 0.2) is 100 Å². The lowest BCUT2D eigenvalue weighted by Gasteiger charge is -2.13. The molecule has 0 saturated heterocycles. The number of halogens is 1. The topological polar surface area (TPSA) is 66.9 Å². The van der Waals surface area contributed by atoms with Crippen LogP contribution in [0.2, 0.25) is 0 Å². The van der Waals surface area contributed by atoms with Crippen molar-refractivity contribution in [1.29, 1.82) is 0 Å². The van der Waals surface area contributed by atoms with Gasteiger partial charge in [0.1, 0.15) is 22.0 Å². The molecule has 5 aromatic rings. The van der Waals surface area contributed by atoms with Gasteiger partial charge < -0.3 is 5.32 Å². The third-order valence-electron chi connectivity index (χ3n) is 5.10. The number of thiocarbonyl (C=S) groups is 1. The number of anilines is 1. The van der Waals surface area contributed by atoms with E-state index in [1.807, 2.05) is 42.5 Å². The molecule has 2 aromatic heterocycles. The summed E-state index contributed by atoms with van der Waals surface area (Å²) >= 11 is 8.44. The predicted octanol–water partition coefficient (Wildman–Crippen LogP) is 6.78. The normalized spacial score (nSPS) is 10.8. The maximum atomic E-state index is 13.1. The van der Waals surface area contributed by atoms with E-state index in [2.05, 4.69) is 38.1 Å². The number of carbonyl (C=O) groups is 1. The van der Waals surface area contributed by atoms with Crippen LogP contribution in [0.4, 0.5) is 10.1 Å². The van der Waals surface area contributed by atoms with Gasteiger partial charge in [0.25, 0.3) is 5.91 Å². The molecule has 0 unspecified atom stereocenters. The van der Waals surface area contributed by atoms with Crippen LogP contribution in [0.5, 0.6) is 0 Å². The fourth-order valence-electron chi connectivity index (χ4n) is 3.45. The van der Waals surface area contributed by atoms with E-state index in [4.69, 9.17) is 12.2 Å². The summed E-state index contributed by atoms with van der Waals surface area (Å²) in [6.07, 6.45) is 1.57. The van der Waals surface area contributed by atoms with Crippen LogP contribution in [0, 0.1) is 5.82 Å². The number of nitrogens with zero attached hydrogens (tertiary/aromatic N) is 2. The van der Waals surface area contributed by atoms with Gasteiger partial charge in [-0.25, -0.2) is 14.4 Å². The highest BCUT2D eigenvalue weighted by Crippen LogP contribution is 2.41. The number of hydrogen-bond donors (Lipinski definition) is 2. The first-order valence-electron chi connectivity index (χ1n) is 10.5. The van der Waals surface area contributed by atoms with Crippen molar-refractivity contribution in [1.82, 2.24) is 15.3 Å². The lowest BCUT2D eigenvalue weighted by molar-refractivity contribution is 0.0977. The summed E-state index contributed by atoms with van der Waals surface area (Å²) in [5.41, 5.74) is 3.23. The molecule has 9 heteroatoms. The van der Waals surface area contributed by atoms with Crippen molar-refractivity contribution in [2.45, 2.75) is 9.92 Å². The second-order valence-electron chi connectivity index (χ2n) is 7.39. The van der Waals surface area contributed by atoms with E-state index in [1.54, 1.807) is 17.7 Å². The lowest BCUT2D eigenvalue weighted by Crippen LogP contribution is -2.34. The van der Waals surface area contributed by atoms with Gasteiger partial charge in [0.05, 0.1) is 11.1 Å². The minimum atomic E-state index is -0.420. The molecule has 0 spiro atoms. The number of benzene rings is 3. The highest BCUT2D eigenvalue weighted by molar-refractivity contribution is 7.99. The molecule has 0 aliphatic carbocycles. The first-order valence-corrected chi connectivity index (χ1v) is 12.6. The molecule has 2 heterocycles. The van der Waals surface area contributed by atoms with Crippen LogP contribution in [0.1, 0.15) is 10.4 Å². The molecule has 1 amide bonds. The summed E-state index contributed by atoms with van der Waals surface area (Å²) in [5.74, 6) is -0.830. The van der Waals surface area contributed by atoms with Crippen LogP contribution in [-0.2, 0) is 0 Å². The molecule has 0 aliphatic heterocycles.